The van der Waals surface area contributed by atoms with Gasteiger partial charge in [0.15, 0.2) is 4.46 Å². The van der Waals surface area contributed by atoms with E-state index in [2.05, 4.69) is 20.4 Å². The van der Waals surface area contributed by atoms with E-state index in [1.807, 2.05) is 0 Å². The zero-order valence-electron chi connectivity index (χ0n) is 9.51. The van der Waals surface area contributed by atoms with Crippen LogP contribution in [-0.4, -0.2) is 73.2 Å². The minimum Gasteiger partial charge on any atom is -0.314 e. The summed E-state index contributed by atoms with van der Waals surface area (Å²) in [7, 11) is 0. The van der Waals surface area contributed by atoms with Crippen molar-refractivity contribution < 1.29 is 0 Å². The van der Waals surface area contributed by atoms with Crippen LogP contribution in [0.1, 0.15) is 0 Å². The van der Waals surface area contributed by atoms with Crippen molar-refractivity contribution in [1.29, 1.82) is 0 Å². The summed E-state index contributed by atoms with van der Waals surface area (Å²) in [5.41, 5.74) is 0. The lowest BCUT2D eigenvalue weighted by Crippen LogP contribution is -2.49. The van der Waals surface area contributed by atoms with Gasteiger partial charge in [-0.25, -0.2) is 0 Å². The molecule has 0 spiro atoms. The highest BCUT2D eigenvalue weighted by Gasteiger charge is 2.32. The van der Waals surface area contributed by atoms with E-state index in [0.29, 0.717) is 6.54 Å². The van der Waals surface area contributed by atoms with Crippen molar-refractivity contribution in [3.05, 3.63) is 0 Å². The minimum atomic E-state index is -0.776. The number of hydrogen-bond donors (Lipinski definition) is 2. The molecule has 0 aromatic rings. The molecule has 2 aliphatic heterocycles. The van der Waals surface area contributed by atoms with Gasteiger partial charge in [0.05, 0.1) is 0 Å². The van der Waals surface area contributed by atoms with Crippen molar-refractivity contribution in [3.8, 4) is 0 Å². The first kappa shape index (κ1) is 12.9. The molecule has 2 bridgehead atoms. The predicted molar refractivity (Wildman–Crippen MR) is 68.2 cm³/mol. The Morgan fingerprint density at radius 2 is 1.50 bits per heavy atom. The third-order valence-electron chi connectivity index (χ3n) is 3.25. The van der Waals surface area contributed by atoms with Crippen molar-refractivity contribution in [1.82, 2.24) is 20.4 Å². The number of rotatable bonds is 0. The molecule has 0 radical (unpaired) electrons. The molecule has 6 heteroatoms. The van der Waals surface area contributed by atoms with E-state index in [9.17, 15) is 0 Å². The molecule has 0 aromatic carbocycles. The van der Waals surface area contributed by atoms with Gasteiger partial charge in [-0.1, -0.05) is 23.2 Å². The predicted octanol–water partition coefficient (Wildman–Crippen LogP) is -0.0718. The Kier molecular flexibility index (Phi) is 4.70. The highest BCUT2D eigenvalue weighted by Crippen LogP contribution is 2.25. The molecule has 2 fully saturated rings. The highest BCUT2D eigenvalue weighted by molar-refractivity contribution is 6.48. The molecule has 2 aliphatic rings. The number of nitrogens with one attached hydrogen (secondary N) is 2. The van der Waals surface area contributed by atoms with Crippen LogP contribution in [-0.2, 0) is 0 Å². The zero-order chi connectivity index (χ0) is 11.4. The van der Waals surface area contributed by atoms with Crippen LogP contribution in [0.3, 0.4) is 0 Å². The molecule has 2 heterocycles. The van der Waals surface area contributed by atoms with Crippen LogP contribution in [0.25, 0.3) is 0 Å². The standard InChI is InChI=1S/C10H20Cl2N4/c11-10(12)9-14-2-5-15-4-1-13-3-6-16(10)8-7-15/h13-14H,1-9H2. The molecule has 2 N–H and O–H groups in total. The van der Waals surface area contributed by atoms with E-state index in [1.54, 1.807) is 0 Å². The van der Waals surface area contributed by atoms with Gasteiger partial charge < -0.3 is 10.6 Å². The second-order valence-electron chi connectivity index (χ2n) is 4.42. The molecule has 2 saturated heterocycles. The second kappa shape index (κ2) is 5.85. The Balaban J connectivity index is 2.07. The van der Waals surface area contributed by atoms with Gasteiger partial charge in [0.25, 0.3) is 0 Å². The Morgan fingerprint density at radius 3 is 2.31 bits per heavy atom. The van der Waals surface area contributed by atoms with Crippen LogP contribution in [0.2, 0.25) is 0 Å². The Bertz CT molecular complexity index is 225. The topological polar surface area (TPSA) is 30.5 Å². The molecule has 2 atom stereocenters. The summed E-state index contributed by atoms with van der Waals surface area (Å²) >= 11 is 12.7. The van der Waals surface area contributed by atoms with E-state index in [0.717, 1.165) is 52.4 Å². The van der Waals surface area contributed by atoms with E-state index < -0.39 is 4.46 Å². The molecule has 0 aliphatic carbocycles. The third kappa shape index (κ3) is 3.45. The van der Waals surface area contributed by atoms with Crippen LogP contribution in [0.4, 0.5) is 0 Å². The van der Waals surface area contributed by atoms with Crippen LogP contribution in [0.5, 0.6) is 0 Å². The fraction of sp³-hybridized carbons (Fsp3) is 1.00. The Morgan fingerprint density at radius 1 is 0.812 bits per heavy atom. The van der Waals surface area contributed by atoms with Gasteiger partial charge in [-0.2, -0.15) is 0 Å². The summed E-state index contributed by atoms with van der Waals surface area (Å²) < 4.78 is -0.776. The summed E-state index contributed by atoms with van der Waals surface area (Å²) in [5, 5.41) is 6.75. The largest absolute Gasteiger partial charge is 0.314 e. The monoisotopic (exact) mass is 266 g/mol. The van der Waals surface area contributed by atoms with Gasteiger partial charge in [0, 0.05) is 58.9 Å². The number of nitrogens with zero attached hydrogens (tertiary/aromatic N) is 2. The highest BCUT2D eigenvalue weighted by atomic mass is 35.5. The molecule has 0 saturated carbocycles. The van der Waals surface area contributed by atoms with Crippen molar-refractivity contribution in [2.24, 2.45) is 0 Å². The lowest BCUT2D eigenvalue weighted by Gasteiger charge is -2.33. The normalized spacial score (nSPS) is 36.4. The fourth-order valence-corrected chi connectivity index (χ4v) is 2.73. The molecule has 16 heavy (non-hydrogen) atoms. The number of halogens is 2. The molecule has 4 nitrogen and oxygen atoms in total. The van der Waals surface area contributed by atoms with Crippen molar-refractivity contribution in [2.75, 3.05) is 58.9 Å². The van der Waals surface area contributed by atoms with Crippen molar-refractivity contribution in [2.45, 2.75) is 4.46 Å². The molecular formula is C10H20Cl2N4. The summed E-state index contributed by atoms with van der Waals surface area (Å²) in [6.07, 6.45) is 0. The number of hydrogen-bond acceptors (Lipinski definition) is 4. The first-order chi connectivity index (χ1) is 7.68. The summed E-state index contributed by atoms with van der Waals surface area (Å²) in [4.78, 5) is 4.60. The molecule has 0 amide bonds. The maximum atomic E-state index is 6.37. The lowest BCUT2D eigenvalue weighted by atomic mass is 10.4. The number of fused-ring (bicyclic) bond motifs is 3. The van der Waals surface area contributed by atoms with Gasteiger partial charge in [0.2, 0.25) is 0 Å². The number of alkyl halides is 2. The van der Waals surface area contributed by atoms with Gasteiger partial charge in [-0.15, -0.1) is 0 Å². The molecule has 2 rings (SSSR count). The van der Waals surface area contributed by atoms with E-state index in [-0.39, 0.29) is 0 Å². The average molecular weight is 267 g/mol. The van der Waals surface area contributed by atoms with Gasteiger partial charge in [-0.3, -0.25) is 9.80 Å². The van der Waals surface area contributed by atoms with Crippen molar-refractivity contribution >= 4 is 23.2 Å². The van der Waals surface area contributed by atoms with Crippen LogP contribution >= 0.6 is 23.2 Å². The molecule has 0 aromatic heterocycles. The molecular weight excluding hydrogens is 247 g/mol. The van der Waals surface area contributed by atoms with Gasteiger partial charge in [-0.05, 0) is 0 Å². The minimum absolute atomic E-state index is 0.629. The average Bonchev–Trinajstić information content (AvgIpc) is 2.38. The van der Waals surface area contributed by atoms with Gasteiger partial charge >= 0.3 is 0 Å². The van der Waals surface area contributed by atoms with E-state index >= 15 is 0 Å². The maximum Gasteiger partial charge on any atom is 0.183 e. The quantitative estimate of drug-likeness (QED) is 0.475. The SMILES string of the molecule is ClC1(Cl)CNCCN2CCNCCN1CC2. The molecule has 2 unspecified atom stereocenters. The third-order valence-corrected chi connectivity index (χ3v) is 4.00. The van der Waals surface area contributed by atoms with E-state index in [1.165, 1.54) is 0 Å². The van der Waals surface area contributed by atoms with Crippen LogP contribution in [0, 0.1) is 0 Å². The summed E-state index contributed by atoms with van der Waals surface area (Å²) in [5.74, 6) is 0. The Labute approximate surface area is 107 Å². The van der Waals surface area contributed by atoms with Crippen LogP contribution < -0.4 is 10.6 Å². The second-order valence-corrected chi connectivity index (χ2v) is 5.87. The zero-order valence-corrected chi connectivity index (χ0v) is 11.0. The first-order valence-corrected chi connectivity index (χ1v) is 6.71. The first-order valence-electron chi connectivity index (χ1n) is 5.95. The maximum absolute atomic E-state index is 6.37. The summed E-state index contributed by atoms with van der Waals surface area (Å²) in [6, 6.07) is 0. The van der Waals surface area contributed by atoms with Gasteiger partial charge in [0.1, 0.15) is 0 Å². The fourth-order valence-electron chi connectivity index (χ4n) is 2.20. The van der Waals surface area contributed by atoms with Crippen molar-refractivity contribution in [3.63, 3.8) is 0 Å². The smallest absolute Gasteiger partial charge is 0.183 e. The Hall–Kier alpha value is 0.420. The van der Waals surface area contributed by atoms with E-state index in [4.69, 9.17) is 23.2 Å². The lowest BCUT2D eigenvalue weighted by molar-refractivity contribution is 0.205. The summed E-state index contributed by atoms with van der Waals surface area (Å²) in [6.45, 7) is 8.65. The van der Waals surface area contributed by atoms with Crippen LogP contribution in [0.15, 0.2) is 0 Å². The molecule has 94 valence electrons.